The Bertz CT molecular complexity index is 524. The Morgan fingerprint density at radius 3 is 2.83 bits per heavy atom. The molecule has 1 aromatic rings. The van der Waals surface area contributed by atoms with Gasteiger partial charge in [0.1, 0.15) is 0 Å². The maximum atomic E-state index is 12.3. The Labute approximate surface area is 141 Å². The van der Waals surface area contributed by atoms with E-state index >= 15 is 0 Å². The van der Waals surface area contributed by atoms with Crippen LogP contribution < -0.4 is 5.32 Å². The second kappa shape index (κ2) is 8.93. The van der Waals surface area contributed by atoms with Gasteiger partial charge in [0.05, 0.1) is 11.9 Å². The maximum Gasteiger partial charge on any atom is 0.232 e. The summed E-state index contributed by atoms with van der Waals surface area (Å²) >= 11 is 1.44. The van der Waals surface area contributed by atoms with Crippen molar-refractivity contribution in [1.29, 1.82) is 0 Å². The summed E-state index contributed by atoms with van der Waals surface area (Å²) in [5, 5.41) is 13.0. The van der Waals surface area contributed by atoms with E-state index < -0.39 is 6.10 Å². The van der Waals surface area contributed by atoms with E-state index in [-0.39, 0.29) is 17.9 Å². The Kier molecular flexibility index (Phi) is 6.92. The summed E-state index contributed by atoms with van der Waals surface area (Å²) < 4.78 is 0. The molecule has 1 aliphatic rings. The molecular formula is C17H24N2O3S. The molecule has 0 saturated carbocycles. The number of aliphatic hydroxyl groups is 1. The van der Waals surface area contributed by atoms with E-state index in [0.717, 1.165) is 24.9 Å². The van der Waals surface area contributed by atoms with Crippen molar-refractivity contribution in [3.8, 4) is 0 Å². The Balaban J connectivity index is 1.73. The van der Waals surface area contributed by atoms with Crippen molar-refractivity contribution in [3.63, 3.8) is 0 Å². The zero-order valence-electron chi connectivity index (χ0n) is 13.4. The minimum atomic E-state index is -0.553. The molecule has 0 aromatic heterocycles. The molecule has 126 valence electrons. The zero-order valence-corrected chi connectivity index (χ0v) is 14.2. The molecule has 1 aromatic carbocycles. The second-order valence-corrected chi connectivity index (χ2v) is 6.85. The topological polar surface area (TPSA) is 69.6 Å². The average molecular weight is 336 g/mol. The van der Waals surface area contributed by atoms with Crippen LogP contribution >= 0.6 is 11.8 Å². The number of aliphatic hydroxyl groups excluding tert-OH is 1. The van der Waals surface area contributed by atoms with Crippen LogP contribution in [-0.4, -0.2) is 52.5 Å². The van der Waals surface area contributed by atoms with Crippen LogP contribution in [0.5, 0.6) is 0 Å². The van der Waals surface area contributed by atoms with Crippen molar-refractivity contribution >= 4 is 23.6 Å². The Morgan fingerprint density at radius 2 is 2.13 bits per heavy atom. The van der Waals surface area contributed by atoms with E-state index in [9.17, 15) is 14.7 Å². The number of nitrogens with zero attached hydrogens (tertiary/aromatic N) is 1. The Hall–Kier alpha value is -1.53. The van der Waals surface area contributed by atoms with Gasteiger partial charge in [0.25, 0.3) is 0 Å². The molecule has 1 saturated heterocycles. The minimum absolute atomic E-state index is 0.0512. The van der Waals surface area contributed by atoms with Crippen LogP contribution in [0.25, 0.3) is 0 Å². The molecule has 0 aliphatic carbocycles. The molecule has 6 heteroatoms. The molecular weight excluding hydrogens is 312 g/mol. The summed E-state index contributed by atoms with van der Waals surface area (Å²) in [6.07, 6.45) is 1.28. The SMILES string of the molecule is CC(=O)NC1CCCN(C(=O)CSCC(O)c2ccccc2)C1. The van der Waals surface area contributed by atoms with Crippen LogP contribution in [0.3, 0.4) is 0 Å². The molecule has 23 heavy (non-hydrogen) atoms. The van der Waals surface area contributed by atoms with Crippen molar-refractivity contribution in [1.82, 2.24) is 10.2 Å². The van der Waals surface area contributed by atoms with E-state index in [0.29, 0.717) is 18.1 Å². The molecule has 0 radical (unpaired) electrons. The van der Waals surface area contributed by atoms with Crippen LogP contribution in [0.2, 0.25) is 0 Å². The first-order valence-electron chi connectivity index (χ1n) is 7.92. The Morgan fingerprint density at radius 1 is 1.39 bits per heavy atom. The first kappa shape index (κ1) is 17.8. The first-order chi connectivity index (χ1) is 11.1. The second-order valence-electron chi connectivity index (χ2n) is 5.82. The monoisotopic (exact) mass is 336 g/mol. The molecule has 2 unspecified atom stereocenters. The van der Waals surface area contributed by atoms with Crippen LogP contribution in [-0.2, 0) is 9.59 Å². The quantitative estimate of drug-likeness (QED) is 0.827. The van der Waals surface area contributed by atoms with Crippen LogP contribution in [0.1, 0.15) is 31.4 Å². The predicted molar refractivity (Wildman–Crippen MR) is 92.1 cm³/mol. The molecule has 5 nitrogen and oxygen atoms in total. The van der Waals surface area contributed by atoms with Crippen LogP contribution in [0.4, 0.5) is 0 Å². The van der Waals surface area contributed by atoms with Gasteiger partial charge < -0.3 is 15.3 Å². The van der Waals surface area contributed by atoms with Gasteiger partial charge in [0, 0.05) is 31.8 Å². The van der Waals surface area contributed by atoms with Crippen molar-refractivity contribution < 1.29 is 14.7 Å². The van der Waals surface area contributed by atoms with Crippen molar-refractivity contribution in [2.24, 2.45) is 0 Å². The fourth-order valence-electron chi connectivity index (χ4n) is 2.73. The molecule has 2 atom stereocenters. The lowest BCUT2D eigenvalue weighted by Gasteiger charge is -2.33. The van der Waals surface area contributed by atoms with Gasteiger partial charge in [-0.05, 0) is 18.4 Å². The van der Waals surface area contributed by atoms with Gasteiger partial charge in [-0.3, -0.25) is 9.59 Å². The standard InChI is InChI=1S/C17H24N2O3S/c1-13(20)18-15-8-5-9-19(10-15)17(22)12-23-11-16(21)14-6-3-2-4-7-14/h2-4,6-7,15-16,21H,5,8-12H2,1H3,(H,18,20). The number of carbonyl (C=O) groups excluding carboxylic acids is 2. The number of rotatable bonds is 6. The number of piperidine rings is 1. The minimum Gasteiger partial charge on any atom is -0.388 e. The van der Waals surface area contributed by atoms with Crippen LogP contribution in [0, 0.1) is 0 Å². The van der Waals surface area contributed by atoms with Gasteiger partial charge in [-0.1, -0.05) is 30.3 Å². The molecule has 1 aliphatic heterocycles. The zero-order chi connectivity index (χ0) is 16.7. The van der Waals surface area contributed by atoms with Gasteiger partial charge in [-0.2, -0.15) is 0 Å². The number of thioether (sulfide) groups is 1. The average Bonchev–Trinajstić information content (AvgIpc) is 2.55. The summed E-state index contributed by atoms with van der Waals surface area (Å²) in [5.41, 5.74) is 0.871. The number of benzene rings is 1. The van der Waals surface area contributed by atoms with Crippen molar-refractivity contribution in [2.45, 2.75) is 31.9 Å². The number of nitrogens with one attached hydrogen (secondary N) is 1. The summed E-state index contributed by atoms with van der Waals surface area (Å²) in [4.78, 5) is 25.2. The lowest BCUT2D eigenvalue weighted by Crippen LogP contribution is -2.49. The largest absolute Gasteiger partial charge is 0.388 e. The summed E-state index contributed by atoms with van der Waals surface area (Å²) in [6, 6.07) is 9.53. The molecule has 2 amide bonds. The number of hydrogen-bond donors (Lipinski definition) is 2. The van der Waals surface area contributed by atoms with Gasteiger partial charge in [-0.15, -0.1) is 11.8 Å². The molecule has 0 spiro atoms. The predicted octanol–water partition coefficient (Wildman–Crippen LogP) is 1.58. The maximum absolute atomic E-state index is 12.3. The summed E-state index contributed by atoms with van der Waals surface area (Å²) in [5.74, 6) is 0.880. The lowest BCUT2D eigenvalue weighted by atomic mass is 10.1. The normalized spacial score (nSPS) is 19.2. The number of amides is 2. The highest BCUT2D eigenvalue weighted by atomic mass is 32.2. The van der Waals surface area contributed by atoms with Gasteiger partial charge in [0.2, 0.25) is 11.8 Å². The molecule has 1 fully saturated rings. The number of carbonyl (C=O) groups is 2. The van der Waals surface area contributed by atoms with Crippen molar-refractivity contribution in [3.05, 3.63) is 35.9 Å². The fourth-order valence-corrected chi connectivity index (χ4v) is 3.62. The van der Waals surface area contributed by atoms with E-state index in [1.54, 1.807) is 0 Å². The summed E-state index contributed by atoms with van der Waals surface area (Å²) in [6.45, 7) is 2.83. The summed E-state index contributed by atoms with van der Waals surface area (Å²) in [7, 11) is 0. The lowest BCUT2D eigenvalue weighted by molar-refractivity contribution is -0.130. The van der Waals surface area contributed by atoms with Crippen LogP contribution in [0.15, 0.2) is 30.3 Å². The number of hydrogen-bond acceptors (Lipinski definition) is 4. The smallest absolute Gasteiger partial charge is 0.232 e. The molecule has 1 heterocycles. The van der Waals surface area contributed by atoms with Crippen molar-refractivity contribution in [2.75, 3.05) is 24.6 Å². The third kappa shape index (κ3) is 5.88. The third-order valence-electron chi connectivity index (χ3n) is 3.87. The molecule has 0 bridgehead atoms. The highest BCUT2D eigenvalue weighted by Crippen LogP contribution is 2.19. The fraction of sp³-hybridized carbons (Fsp3) is 0.529. The first-order valence-corrected chi connectivity index (χ1v) is 9.07. The van der Waals surface area contributed by atoms with Gasteiger partial charge >= 0.3 is 0 Å². The van der Waals surface area contributed by atoms with E-state index in [1.807, 2.05) is 35.2 Å². The highest BCUT2D eigenvalue weighted by molar-refractivity contribution is 7.99. The third-order valence-corrected chi connectivity index (χ3v) is 4.87. The molecule has 2 N–H and O–H groups in total. The van der Waals surface area contributed by atoms with Gasteiger partial charge in [0.15, 0.2) is 0 Å². The number of likely N-dealkylation sites (tertiary alicyclic amines) is 1. The molecule has 2 rings (SSSR count). The van der Waals surface area contributed by atoms with E-state index in [1.165, 1.54) is 18.7 Å². The van der Waals surface area contributed by atoms with E-state index in [4.69, 9.17) is 0 Å². The highest BCUT2D eigenvalue weighted by Gasteiger charge is 2.24. The van der Waals surface area contributed by atoms with E-state index in [2.05, 4.69) is 5.32 Å². The van der Waals surface area contributed by atoms with Gasteiger partial charge in [-0.25, -0.2) is 0 Å².